The zero-order valence-corrected chi connectivity index (χ0v) is 16.6. The molecular weight excluding hydrogens is 360 g/mol. The number of benzene rings is 1. The normalized spacial score (nSPS) is 14.5. The summed E-state index contributed by atoms with van der Waals surface area (Å²) in [5.74, 6) is 2.60. The average Bonchev–Trinajstić information content (AvgIpc) is 2.74. The predicted molar refractivity (Wildman–Crippen MR) is 106 cm³/mol. The van der Waals surface area contributed by atoms with Gasteiger partial charge in [-0.15, -0.1) is 0 Å². The van der Waals surface area contributed by atoms with Crippen LogP contribution in [-0.4, -0.2) is 60.0 Å². The molecule has 0 radical (unpaired) electrons. The van der Waals surface area contributed by atoms with Crippen molar-refractivity contribution in [3.8, 4) is 17.2 Å². The zero-order chi connectivity index (χ0) is 19.9. The number of aromatic nitrogens is 1. The van der Waals surface area contributed by atoms with E-state index in [4.69, 9.17) is 14.2 Å². The summed E-state index contributed by atoms with van der Waals surface area (Å²) < 4.78 is 16.0. The Balaban J connectivity index is 1.56. The molecule has 150 valence electrons. The first kappa shape index (κ1) is 19.8. The van der Waals surface area contributed by atoms with Crippen LogP contribution in [0, 0.1) is 0 Å². The molecule has 1 aromatic carbocycles. The highest BCUT2D eigenvalue weighted by Gasteiger charge is 2.27. The summed E-state index contributed by atoms with van der Waals surface area (Å²) in [6, 6.07) is 9.53. The molecule has 2 aromatic rings. The van der Waals surface area contributed by atoms with Crippen LogP contribution < -0.4 is 34.3 Å². The molecule has 1 aliphatic rings. The second-order valence-corrected chi connectivity index (χ2v) is 6.62. The van der Waals surface area contributed by atoms with Gasteiger partial charge in [-0.3, -0.25) is 9.69 Å². The number of pyridine rings is 1. The van der Waals surface area contributed by atoms with Crippen LogP contribution >= 0.6 is 0 Å². The number of hydrogen-bond acceptors (Lipinski definition) is 5. The Morgan fingerprint density at radius 2 is 1.79 bits per heavy atom. The molecule has 0 unspecified atom stereocenters. The molecule has 0 bridgehead atoms. The monoisotopic (exact) mass is 388 g/mol. The molecule has 3 N–H and O–H groups in total. The summed E-state index contributed by atoms with van der Waals surface area (Å²) in [6.07, 6.45) is 1.93. The molecule has 1 amide bonds. The Hall–Kier alpha value is -3.00. The largest absolute Gasteiger partial charge is 0.493 e. The van der Waals surface area contributed by atoms with Gasteiger partial charge in [0.1, 0.15) is 26.2 Å². The van der Waals surface area contributed by atoms with E-state index < -0.39 is 0 Å². The second-order valence-electron chi connectivity index (χ2n) is 6.62. The molecule has 0 atom stereocenters. The van der Waals surface area contributed by atoms with E-state index in [1.54, 1.807) is 33.5 Å². The molecule has 1 aromatic heterocycles. The molecule has 8 nitrogen and oxygen atoms in total. The summed E-state index contributed by atoms with van der Waals surface area (Å²) in [5.41, 5.74) is 0.622. The van der Waals surface area contributed by atoms with Crippen LogP contribution in [0.25, 0.3) is 0 Å². The predicted octanol–water partition coefficient (Wildman–Crippen LogP) is -0.130. The molecule has 0 saturated carbocycles. The number of nitrogens with zero attached hydrogens (tertiary/aromatic N) is 1. The fourth-order valence-electron chi connectivity index (χ4n) is 3.41. The third kappa shape index (κ3) is 4.64. The van der Waals surface area contributed by atoms with Crippen molar-refractivity contribution in [1.82, 2.24) is 0 Å². The van der Waals surface area contributed by atoms with Crippen LogP contribution in [0.2, 0.25) is 0 Å². The molecule has 1 saturated heterocycles. The zero-order valence-electron chi connectivity index (χ0n) is 16.6. The van der Waals surface area contributed by atoms with Gasteiger partial charge in [0.2, 0.25) is 5.75 Å². The number of nitrogens with one attached hydrogen (secondary N) is 3. The number of carbonyl (C=O) groups excluding carboxylic acids is 1. The lowest BCUT2D eigenvalue weighted by molar-refractivity contribution is -0.892. The molecule has 28 heavy (non-hydrogen) atoms. The van der Waals surface area contributed by atoms with Crippen molar-refractivity contribution in [3.05, 3.63) is 36.5 Å². The lowest BCUT2D eigenvalue weighted by Gasteiger charge is -2.27. The summed E-state index contributed by atoms with van der Waals surface area (Å²) in [5, 5.41) is 2.94. The average molecular weight is 388 g/mol. The van der Waals surface area contributed by atoms with E-state index in [1.165, 1.54) is 4.90 Å². The molecule has 0 aliphatic carbocycles. The van der Waals surface area contributed by atoms with Gasteiger partial charge in [0, 0.05) is 23.9 Å². The SMILES string of the molecule is COc1cc(NC(=O)C[NH+]2CCN(c3cccc[nH+]3)CC2)cc(OC)c1OC. The fraction of sp³-hybridized carbons (Fsp3) is 0.400. The third-order valence-corrected chi connectivity index (χ3v) is 4.86. The Labute approximate surface area is 165 Å². The van der Waals surface area contributed by atoms with Gasteiger partial charge in [-0.1, -0.05) is 6.07 Å². The molecule has 1 aliphatic heterocycles. The van der Waals surface area contributed by atoms with Crippen molar-refractivity contribution >= 4 is 17.4 Å². The Bertz CT molecular complexity index is 767. The first-order valence-corrected chi connectivity index (χ1v) is 9.29. The second kappa shape index (κ2) is 9.27. The van der Waals surface area contributed by atoms with Crippen molar-refractivity contribution in [2.75, 3.05) is 64.3 Å². The highest BCUT2D eigenvalue weighted by atomic mass is 16.5. The van der Waals surface area contributed by atoms with Gasteiger partial charge in [0.15, 0.2) is 18.0 Å². The van der Waals surface area contributed by atoms with Crippen molar-refractivity contribution in [2.45, 2.75) is 0 Å². The smallest absolute Gasteiger partial charge is 0.279 e. The number of piperazine rings is 1. The number of H-pyrrole nitrogens is 1. The Morgan fingerprint density at radius 3 is 2.32 bits per heavy atom. The highest BCUT2D eigenvalue weighted by Crippen LogP contribution is 2.39. The third-order valence-electron chi connectivity index (χ3n) is 4.86. The minimum atomic E-state index is -0.0380. The number of quaternary nitrogens is 1. The van der Waals surface area contributed by atoms with E-state index in [2.05, 4.69) is 21.3 Å². The van der Waals surface area contributed by atoms with E-state index in [-0.39, 0.29) is 5.91 Å². The lowest BCUT2D eigenvalue weighted by Crippen LogP contribution is -3.15. The number of rotatable bonds is 7. The van der Waals surface area contributed by atoms with E-state index in [9.17, 15) is 4.79 Å². The maximum atomic E-state index is 12.5. The van der Waals surface area contributed by atoms with Crippen LogP contribution in [0.1, 0.15) is 0 Å². The molecule has 3 rings (SSSR count). The van der Waals surface area contributed by atoms with Crippen LogP contribution in [-0.2, 0) is 4.79 Å². The van der Waals surface area contributed by atoms with Gasteiger partial charge in [-0.25, -0.2) is 4.98 Å². The van der Waals surface area contributed by atoms with Crippen molar-refractivity contribution in [2.24, 2.45) is 0 Å². The summed E-state index contributed by atoms with van der Waals surface area (Å²) in [6.45, 7) is 4.06. The molecule has 8 heteroatoms. The first-order chi connectivity index (χ1) is 13.6. The number of methoxy groups -OCH3 is 3. The van der Waals surface area contributed by atoms with Gasteiger partial charge in [0.05, 0.1) is 27.5 Å². The molecule has 0 spiro atoms. The minimum absolute atomic E-state index is 0.0380. The molecule has 2 heterocycles. The minimum Gasteiger partial charge on any atom is -0.493 e. The number of hydrogen-bond donors (Lipinski definition) is 2. The van der Waals surface area contributed by atoms with Gasteiger partial charge >= 0.3 is 0 Å². The van der Waals surface area contributed by atoms with Gasteiger partial charge in [0.25, 0.3) is 11.7 Å². The van der Waals surface area contributed by atoms with Crippen LogP contribution in [0.4, 0.5) is 11.5 Å². The topological polar surface area (TPSA) is 78.6 Å². The van der Waals surface area contributed by atoms with Gasteiger partial charge < -0.3 is 24.4 Å². The summed E-state index contributed by atoms with van der Waals surface area (Å²) in [4.78, 5) is 19.3. The molecular formula is C20H28N4O4+2. The summed E-state index contributed by atoms with van der Waals surface area (Å²) >= 11 is 0. The number of amides is 1. The highest BCUT2D eigenvalue weighted by molar-refractivity contribution is 5.92. The maximum Gasteiger partial charge on any atom is 0.279 e. The standard InChI is InChI=1S/C20H26N4O4/c1-26-16-12-15(13-17(27-2)20(16)28-3)22-19(25)14-23-8-10-24(11-9-23)18-6-4-5-7-21-18/h4-7,12-13H,8-11,14H2,1-3H3,(H,22,25)/p+2. The van der Waals surface area contributed by atoms with E-state index in [0.717, 1.165) is 32.0 Å². The Morgan fingerprint density at radius 1 is 1.11 bits per heavy atom. The van der Waals surface area contributed by atoms with Crippen LogP contribution in [0.5, 0.6) is 17.2 Å². The number of anilines is 2. The lowest BCUT2D eigenvalue weighted by atomic mass is 10.2. The van der Waals surface area contributed by atoms with E-state index >= 15 is 0 Å². The van der Waals surface area contributed by atoms with Gasteiger partial charge in [-0.05, 0) is 6.07 Å². The fourth-order valence-corrected chi connectivity index (χ4v) is 3.41. The van der Waals surface area contributed by atoms with Crippen LogP contribution in [0.15, 0.2) is 36.5 Å². The van der Waals surface area contributed by atoms with E-state index in [1.807, 2.05) is 18.3 Å². The quantitative estimate of drug-likeness (QED) is 0.691. The van der Waals surface area contributed by atoms with Crippen LogP contribution in [0.3, 0.4) is 0 Å². The van der Waals surface area contributed by atoms with Gasteiger partial charge in [-0.2, -0.15) is 0 Å². The summed E-state index contributed by atoms with van der Waals surface area (Å²) in [7, 11) is 4.65. The number of carbonyl (C=O) groups is 1. The van der Waals surface area contributed by atoms with Crippen molar-refractivity contribution < 1.29 is 28.9 Å². The van der Waals surface area contributed by atoms with E-state index in [0.29, 0.717) is 29.5 Å². The van der Waals surface area contributed by atoms with Crippen molar-refractivity contribution in [3.63, 3.8) is 0 Å². The number of ether oxygens (including phenoxy) is 3. The first-order valence-electron chi connectivity index (χ1n) is 9.29. The van der Waals surface area contributed by atoms with Crippen molar-refractivity contribution in [1.29, 1.82) is 0 Å². The number of aromatic amines is 1. The Kier molecular flexibility index (Phi) is 6.54. The maximum absolute atomic E-state index is 12.5. The molecule has 1 fully saturated rings.